The minimum absolute atomic E-state index is 0.0990. The lowest BCUT2D eigenvalue weighted by atomic mass is 9.89. The van der Waals surface area contributed by atoms with Crippen molar-refractivity contribution in [2.75, 3.05) is 44.5 Å². The summed E-state index contributed by atoms with van der Waals surface area (Å²) in [6.45, 7) is 6.58. The number of piperidine rings is 1. The van der Waals surface area contributed by atoms with E-state index in [1.807, 2.05) is 42.5 Å². The summed E-state index contributed by atoms with van der Waals surface area (Å²) in [4.78, 5) is 39.6. The van der Waals surface area contributed by atoms with Crippen LogP contribution in [-0.4, -0.2) is 63.4 Å². The minimum atomic E-state index is -0.674. The predicted molar refractivity (Wildman–Crippen MR) is 175 cm³/mol. The first-order valence-electron chi connectivity index (χ1n) is 14.3. The van der Waals surface area contributed by atoms with E-state index in [-0.39, 0.29) is 29.1 Å². The van der Waals surface area contributed by atoms with Gasteiger partial charge in [-0.25, -0.2) is 9.59 Å². The van der Waals surface area contributed by atoms with Crippen molar-refractivity contribution in [2.24, 2.45) is 5.92 Å². The van der Waals surface area contributed by atoms with E-state index in [2.05, 4.69) is 31.9 Å². The zero-order valence-electron chi connectivity index (χ0n) is 25.5. The highest BCUT2D eigenvalue weighted by Gasteiger charge is 2.31. The molecule has 44 heavy (non-hydrogen) atoms. The molecule has 236 valence electrons. The van der Waals surface area contributed by atoms with Gasteiger partial charge in [0.05, 0.1) is 29.3 Å². The lowest BCUT2D eigenvalue weighted by Gasteiger charge is -2.31. The molecule has 3 N–H and O–H groups in total. The zero-order chi connectivity index (χ0) is 31.9. The summed E-state index contributed by atoms with van der Waals surface area (Å²) in [6, 6.07) is 14.4. The van der Waals surface area contributed by atoms with Gasteiger partial charge in [-0.2, -0.15) is 0 Å². The van der Waals surface area contributed by atoms with Crippen molar-refractivity contribution in [1.29, 1.82) is 0 Å². The number of ether oxygens (including phenoxy) is 4. The number of carbonyl (C=O) groups is 3. The van der Waals surface area contributed by atoms with Crippen molar-refractivity contribution in [3.05, 3.63) is 57.9 Å². The Balaban J connectivity index is 1.61. The van der Waals surface area contributed by atoms with Crippen LogP contribution in [0.25, 0.3) is 10.4 Å². The maximum absolute atomic E-state index is 13.7. The van der Waals surface area contributed by atoms with Crippen molar-refractivity contribution in [2.45, 2.75) is 45.3 Å². The molecule has 1 fully saturated rings. The van der Waals surface area contributed by atoms with Crippen LogP contribution in [0.3, 0.4) is 0 Å². The van der Waals surface area contributed by atoms with Crippen molar-refractivity contribution >= 4 is 56.5 Å². The van der Waals surface area contributed by atoms with Crippen LogP contribution >= 0.6 is 27.3 Å². The van der Waals surface area contributed by atoms with Gasteiger partial charge in [0.1, 0.15) is 17.4 Å². The number of esters is 2. The molecule has 10 nitrogen and oxygen atoms in total. The topological polar surface area (TPSA) is 124 Å². The third-order valence-corrected chi connectivity index (χ3v) is 9.10. The van der Waals surface area contributed by atoms with Crippen LogP contribution in [0, 0.1) is 5.92 Å². The Morgan fingerprint density at radius 1 is 1.07 bits per heavy atom. The van der Waals surface area contributed by atoms with Gasteiger partial charge in [-0.1, -0.05) is 24.3 Å². The van der Waals surface area contributed by atoms with Crippen LogP contribution in [-0.2, 0) is 19.1 Å². The molecule has 2 heterocycles. The zero-order valence-corrected chi connectivity index (χ0v) is 27.9. The van der Waals surface area contributed by atoms with E-state index < -0.39 is 23.6 Å². The molecule has 0 spiro atoms. The molecule has 0 saturated carbocycles. The second-order valence-electron chi connectivity index (χ2n) is 11.2. The van der Waals surface area contributed by atoms with Gasteiger partial charge in [0.15, 0.2) is 17.2 Å². The highest BCUT2D eigenvalue weighted by molar-refractivity contribution is 9.10. The molecule has 4 rings (SSSR count). The Kier molecular flexibility index (Phi) is 11.3. The number of carbonyl (C=O) groups excluding carboxylic acids is 3. The Bertz CT molecular complexity index is 1480. The van der Waals surface area contributed by atoms with E-state index in [0.717, 1.165) is 37.2 Å². The highest BCUT2D eigenvalue weighted by atomic mass is 79.9. The summed E-state index contributed by atoms with van der Waals surface area (Å²) in [5.41, 5.74) is 1.44. The van der Waals surface area contributed by atoms with Crippen LogP contribution in [0.2, 0.25) is 0 Å². The van der Waals surface area contributed by atoms with Gasteiger partial charge < -0.3 is 34.9 Å². The van der Waals surface area contributed by atoms with E-state index in [4.69, 9.17) is 18.9 Å². The minimum Gasteiger partial charge on any atom is -0.495 e. The Hall–Kier alpha value is -3.61. The van der Waals surface area contributed by atoms with E-state index in [9.17, 15) is 14.4 Å². The molecule has 1 aliphatic heterocycles. The number of para-hydroxylation sites is 2. The van der Waals surface area contributed by atoms with E-state index in [1.54, 1.807) is 33.9 Å². The van der Waals surface area contributed by atoms with Crippen LogP contribution < -0.4 is 25.4 Å². The number of halogens is 1. The van der Waals surface area contributed by atoms with Gasteiger partial charge in [-0.3, -0.25) is 4.79 Å². The number of amides is 1. The summed E-state index contributed by atoms with van der Waals surface area (Å²) in [5, 5.41) is 9.89. The molecule has 12 heteroatoms. The van der Waals surface area contributed by atoms with Gasteiger partial charge in [0.25, 0.3) is 0 Å². The first-order chi connectivity index (χ1) is 21.0. The maximum Gasteiger partial charge on any atom is 0.351 e. The fourth-order valence-electron chi connectivity index (χ4n) is 4.90. The second kappa shape index (κ2) is 14.9. The van der Waals surface area contributed by atoms with E-state index in [0.29, 0.717) is 20.8 Å². The quantitative estimate of drug-likeness (QED) is 0.205. The largest absolute Gasteiger partial charge is 0.495 e. The number of methoxy groups -OCH3 is 2. The number of hydrogen-bond donors (Lipinski definition) is 3. The second-order valence-corrected chi connectivity index (χ2v) is 13.1. The molecule has 0 aliphatic carbocycles. The van der Waals surface area contributed by atoms with Crippen molar-refractivity contribution < 1.29 is 33.3 Å². The third-order valence-electron chi connectivity index (χ3n) is 6.88. The molecule has 3 aromatic rings. The number of anilines is 2. The molecule has 1 aliphatic rings. The van der Waals surface area contributed by atoms with Crippen LogP contribution in [0.15, 0.2) is 53.0 Å². The van der Waals surface area contributed by atoms with Crippen LogP contribution in [0.4, 0.5) is 11.4 Å². The average Bonchev–Trinajstić information content (AvgIpc) is 3.34. The standard InChI is InChI=1S/C32H38BrN3O7S/c1-32(2,3)43-24(37)18-42-27-25(33)28(44-29(27)31(39)41-5)20-9-8-10-21(17-20)35-26(19-13-15-34-16-14-19)30(38)36-22-11-6-7-12-23(22)40-4/h6-12,17,19,26,34-35H,13-16,18H2,1-5H3,(H,36,38). The van der Waals surface area contributed by atoms with Gasteiger partial charge in [-0.05, 0) is 98.4 Å². The van der Waals surface area contributed by atoms with Crippen molar-refractivity contribution in [3.63, 3.8) is 0 Å². The molecule has 0 radical (unpaired) electrons. The average molecular weight is 689 g/mol. The Labute approximate surface area is 269 Å². The van der Waals surface area contributed by atoms with Gasteiger partial charge in [0, 0.05) is 5.69 Å². The van der Waals surface area contributed by atoms with Gasteiger partial charge in [0.2, 0.25) is 5.91 Å². The first-order valence-corrected chi connectivity index (χ1v) is 15.9. The Morgan fingerprint density at radius 3 is 2.48 bits per heavy atom. The highest BCUT2D eigenvalue weighted by Crippen LogP contribution is 2.46. The summed E-state index contributed by atoms with van der Waals surface area (Å²) in [6.07, 6.45) is 1.68. The maximum atomic E-state index is 13.7. The van der Waals surface area contributed by atoms with E-state index >= 15 is 0 Å². The number of nitrogens with one attached hydrogen (secondary N) is 3. The van der Waals surface area contributed by atoms with Gasteiger partial charge >= 0.3 is 11.9 Å². The van der Waals surface area contributed by atoms with Crippen molar-refractivity contribution in [1.82, 2.24) is 5.32 Å². The van der Waals surface area contributed by atoms with Crippen LogP contribution in [0.1, 0.15) is 43.3 Å². The third kappa shape index (κ3) is 8.52. The fraction of sp³-hybridized carbons (Fsp3) is 0.406. The van der Waals surface area contributed by atoms with E-state index in [1.165, 1.54) is 18.4 Å². The summed E-state index contributed by atoms with van der Waals surface area (Å²) in [7, 11) is 2.86. The normalized spacial score (nSPS) is 14.3. The summed E-state index contributed by atoms with van der Waals surface area (Å²) < 4.78 is 22.1. The predicted octanol–water partition coefficient (Wildman–Crippen LogP) is 6.11. The first kappa shape index (κ1) is 33.3. The summed E-state index contributed by atoms with van der Waals surface area (Å²) >= 11 is 4.76. The lowest BCUT2D eigenvalue weighted by Crippen LogP contribution is -2.45. The molecule has 0 bridgehead atoms. The molecule has 1 atom stereocenters. The number of hydrogen-bond acceptors (Lipinski definition) is 10. The molecule has 2 aromatic carbocycles. The molecule has 1 unspecified atom stereocenters. The van der Waals surface area contributed by atoms with Gasteiger partial charge in [-0.15, -0.1) is 11.3 Å². The molecule has 1 saturated heterocycles. The molecular weight excluding hydrogens is 650 g/mol. The SMILES string of the molecule is COC(=O)c1sc(-c2cccc(NC(C(=O)Nc3ccccc3OC)C3CCNCC3)c2)c(Br)c1OCC(=O)OC(C)(C)C. The fourth-order valence-corrected chi connectivity index (χ4v) is 6.87. The molecule has 1 aromatic heterocycles. The summed E-state index contributed by atoms with van der Waals surface area (Å²) in [5.74, 6) is -0.425. The smallest absolute Gasteiger partial charge is 0.351 e. The van der Waals surface area contributed by atoms with Crippen LogP contribution in [0.5, 0.6) is 11.5 Å². The van der Waals surface area contributed by atoms with Crippen molar-refractivity contribution in [3.8, 4) is 21.9 Å². The number of thiophene rings is 1. The monoisotopic (exact) mass is 687 g/mol. The number of benzene rings is 2. The Morgan fingerprint density at radius 2 is 1.80 bits per heavy atom. The lowest BCUT2D eigenvalue weighted by molar-refractivity contribution is -0.157. The molecule has 1 amide bonds. The number of rotatable bonds is 11. The molecular formula is C32H38BrN3O7S.